The molecule has 3 rings (SSSR count). The molecule has 6 heteroatoms. The predicted molar refractivity (Wildman–Crippen MR) is 99.8 cm³/mol. The Bertz CT molecular complexity index is 919. The molecule has 0 heterocycles. The monoisotopic (exact) mass is 373 g/mol. The highest BCUT2D eigenvalue weighted by molar-refractivity contribution is 7.92. The van der Waals surface area contributed by atoms with Crippen molar-refractivity contribution in [3.05, 3.63) is 65.2 Å². The third-order valence-corrected chi connectivity index (χ3v) is 7.71. The van der Waals surface area contributed by atoms with Crippen LogP contribution in [0.1, 0.15) is 29.5 Å². The average molecular weight is 373 g/mol. The lowest BCUT2D eigenvalue weighted by Crippen LogP contribution is -2.31. The Kier molecular flexibility index (Phi) is 4.67. The summed E-state index contributed by atoms with van der Waals surface area (Å²) in [6.45, 7) is 3.67. The molecule has 0 spiro atoms. The van der Waals surface area contributed by atoms with Gasteiger partial charge >= 0.3 is 5.97 Å². The first-order chi connectivity index (χ1) is 12.3. The van der Waals surface area contributed by atoms with Gasteiger partial charge < -0.3 is 10.8 Å². The van der Waals surface area contributed by atoms with Crippen molar-refractivity contribution in [3.63, 3.8) is 0 Å². The van der Waals surface area contributed by atoms with E-state index in [1.807, 2.05) is 38.1 Å². The normalized spacial score (nSPS) is 25.0. The number of carboxylic acids is 1. The van der Waals surface area contributed by atoms with E-state index in [0.717, 1.165) is 17.5 Å². The minimum Gasteiger partial charge on any atom is -0.481 e. The summed E-state index contributed by atoms with van der Waals surface area (Å²) >= 11 is 0. The Morgan fingerprint density at radius 2 is 1.69 bits per heavy atom. The molecule has 5 nitrogen and oxygen atoms in total. The van der Waals surface area contributed by atoms with Crippen molar-refractivity contribution in [2.24, 2.45) is 11.1 Å². The maximum absolute atomic E-state index is 13.2. The van der Waals surface area contributed by atoms with Gasteiger partial charge in [-0.3, -0.25) is 4.79 Å². The predicted octanol–water partition coefficient (Wildman–Crippen LogP) is 2.53. The molecule has 1 fully saturated rings. The molecular weight excluding hydrogens is 350 g/mol. The first-order valence-corrected chi connectivity index (χ1v) is 10.2. The van der Waals surface area contributed by atoms with E-state index < -0.39 is 32.4 Å². The van der Waals surface area contributed by atoms with Crippen molar-refractivity contribution in [2.75, 3.05) is 6.54 Å². The van der Waals surface area contributed by atoms with Gasteiger partial charge in [0.05, 0.1) is 10.1 Å². The van der Waals surface area contributed by atoms with Gasteiger partial charge in [0, 0.05) is 12.5 Å². The first-order valence-electron chi connectivity index (χ1n) is 8.62. The van der Waals surface area contributed by atoms with E-state index in [1.54, 1.807) is 12.1 Å². The number of sulfone groups is 1. The highest BCUT2D eigenvalue weighted by Crippen LogP contribution is 2.63. The minimum absolute atomic E-state index is 0.139. The van der Waals surface area contributed by atoms with Crippen LogP contribution in [0.15, 0.2) is 53.4 Å². The summed E-state index contributed by atoms with van der Waals surface area (Å²) < 4.78 is 26.3. The van der Waals surface area contributed by atoms with Crippen LogP contribution in [0.25, 0.3) is 0 Å². The lowest BCUT2D eigenvalue weighted by atomic mass is 9.98. The number of hydrogen-bond acceptors (Lipinski definition) is 4. The molecule has 138 valence electrons. The zero-order valence-electron chi connectivity index (χ0n) is 14.8. The number of hydrogen-bond donors (Lipinski definition) is 2. The smallest absolute Gasteiger partial charge is 0.312 e. The summed E-state index contributed by atoms with van der Waals surface area (Å²) in [5, 5.41) is 8.75. The maximum atomic E-state index is 13.2. The summed E-state index contributed by atoms with van der Waals surface area (Å²) in [6, 6.07) is 13.9. The van der Waals surface area contributed by atoms with Gasteiger partial charge in [-0.2, -0.15) is 0 Å². The second-order valence-electron chi connectivity index (χ2n) is 6.90. The molecule has 3 atom stereocenters. The molecule has 1 aliphatic rings. The van der Waals surface area contributed by atoms with Crippen molar-refractivity contribution in [3.8, 4) is 0 Å². The highest BCUT2D eigenvalue weighted by Gasteiger charge is 2.75. The third-order valence-electron chi connectivity index (χ3n) is 5.42. The lowest BCUT2D eigenvalue weighted by Gasteiger charge is -2.10. The number of carboxylic acid groups (broad SMARTS) is 1. The van der Waals surface area contributed by atoms with Crippen LogP contribution in [-0.2, 0) is 21.1 Å². The van der Waals surface area contributed by atoms with Gasteiger partial charge in [-0.15, -0.1) is 0 Å². The molecule has 0 amide bonds. The number of aliphatic carboxylic acids is 1. The number of nitrogens with two attached hydrogens (primary N) is 1. The summed E-state index contributed by atoms with van der Waals surface area (Å²) in [6.07, 6.45) is 0.858. The van der Waals surface area contributed by atoms with E-state index in [4.69, 9.17) is 5.73 Å². The Balaban J connectivity index is 2.08. The van der Waals surface area contributed by atoms with Crippen molar-refractivity contribution in [1.82, 2.24) is 0 Å². The molecule has 26 heavy (non-hydrogen) atoms. The fourth-order valence-electron chi connectivity index (χ4n) is 3.75. The Morgan fingerprint density at radius 3 is 2.15 bits per heavy atom. The van der Waals surface area contributed by atoms with Crippen LogP contribution in [0.2, 0.25) is 0 Å². The van der Waals surface area contributed by atoms with Gasteiger partial charge in [0.1, 0.15) is 5.41 Å². The zero-order chi connectivity index (χ0) is 19.1. The van der Waals surface area contributed by atoms with Crippen LogP contribution >= 0.6 is 0 Å². The number of carbonyl (C=O) groups is 1. The number of aryl methyl sites for hydroxylation is 2. The zero-order valence-corrected chi connectivity index (χ0v) is 15.7. The van der Waals surface area contributed by atoms with E-state index in [1.165, 1.54) is 12.1 Å². The molecule has 0 saturated heterocycles. The highest BCUT2D eigenvalue weighted by atomic mass is 32.2. The van der Waals surface area contributed by atoms with Crippen molar-refractivity contribution >= 4 is 15.8 Å². The van der Waals surface area contributed by atoms with E-state index >= 15 is 0 Å². The summed E-state index contributed by atoms with van der Waals surface area (Å²) in [7, 11) is -3.82. The molecule has 1 saturated carbocycles. The minimum atomic E-state index is -3.82. The topological polar surface area (TPSA) is 97.5 Å². The molecule has 0 unspecified atom stereocenters. The second-order valence-corrected chi connectivity index (χ2v) is 8.97. The maximum Gasteiger partial charge on any atom is 0.312 e. The van der Waals surface area contributed by atoms with Crippen LogP contribution < -0.4 is 5.73 Å². The molecule has 2 aromatic rings. The van der Waals surface area contributed by atoms with E-state index in [9.17, 15) is 18.3 Å². The average Bonchev–Trinajstić information content (AvgIpc) is 3.34. The van der Waals surface area contributed by atoms with Crippen LogP contribution in [0.5, 0.6) is 0 Å². The lowest BCUT2D eigenvalue weighted by molar-refractivity contribution is -0.143. The van der Waals surface area contributed by atoms with E-state index in [0.29, 0.717) is 5.56 Å². The fraction of sp³-hybridized carbons (Fsp3) is 0.350. The van der Waals surface area contributed by atoms with Crippen LogP contribution in [0.3, 0.4) is 0 Å². The molecule has 0 aliphatic heterocycles. The summed E-state index contributed by atoms with van der Waals surface area (Å²) in [5.74, 6) is -1.81. The molecule has 2 aromatic carbocycles. The van der Waals surface area contributed by atoms with Gasteiger partial charge in [-0.25, -0.2) is 8.42 Å². The van der Waals surface area contributed by atoms with Crippen molar-refractivity contribution in [2.45, 2.75) is 36.3 Å². The van der Waals surface area contributed by atoms with Gasteiger partial charge in [0.15, 0.2) is 9.84 Å². The summed E-state index contributed by atoms with van der Waals surface area (Å²) in [5.41, 5.74) is 7.06. The molecule has 3 N–H and O–H groups in total. The van der Waals surface area contributed by atoms with Gasteiger partial charge in [0.2, 0.25) is 0 Å². The quantitative estimate of drug-likeness (QED) is 0.811. The summed E-state index contributed by atoms with van der Waals surface area (Å²) in [4.78, 5) is 12.2. The standard InChI is InChI=1S/C20H23NO4S/c1-3-14-6-8-15(9-7-14)17-18(20(17,12-21)19(22)23)26(24,25)16-10-4-13(2)5-11-16/h4-11,17-18H,3,12,21H2,1-2H3,(H,22,23)/t17-,18-,20-/m1/s1. The van der Waals surface area contributed by atoms with E-state index in [2.05, 4.69) is 0 Å². The first kappa shape index (κ1) is 18.6. The SMILES string of the molecule is CCc1ccc([C@@H]2[C@@H](S(=O)(=O)c3ccc(C)cc3)[C@]2(CN)C(=O)O)cc1. The largest absolute Gasteiger partial charge is 0.481 e. The van der Waals surface area contributed by atoms with Gasteiger partial charge in [0.25, 0.3) is 0 Å². The van der Waals surface area contributed by atoms with Crippen LogP contribution in [0.4, 0.5) is 0 Å². The molecular formula is C20H23NO4S. The molecule has 0 radical (unpaired) electrons. The van der Waals surface area contributed by atoms with Crippen molar-refractivity contribution < 1.29 is 18.3 Å². The van der Waals surface area contributed by atoms with Crippen LogP contribution in [-0.4, -0.2) is 31.3 Å². The Morgan fingerprint density at radius 1 is 1.12 bits per heavy atom. The third kappa shape index (κ3) is 2.73. The van der Waals surface area contributed by atoms with Gasteiger partial charge in [-0.05, 0) is 36.6 Å². The number of benzene rings is 2. The molecule has 1 aliphatic carbocycles. The second kappa shape index (κ2) is 6.52. The Labute approximate surface area is 153 Å². The van der Waals surface area contributed by atoms with Gasteiger partial charge in [-0.1, -0.05) is 48.9 Å². The van der Waals surface area contributed by atoms with E-state index in [-0.39, 0.29) is 11.4 Å². The molecule has 0 bridgehead atoms. The fourth-order valence-corrected chi connectivity index (χ4v) is 6.14. The Hall–Kier alpha value is -2.18. The van der Waals surface area contributed by atoms with Crippen molar-refractivity contribution in [1.29, 1.82) is 0 Å². The number of rotatable bonds is 6. The molecule has 0 aromatic heterocycles. The van der Waals surface area contributed by atoms with Crippen LogP contribution in [0, 0.1) is 12.3 Å².